The van der Waals surface area contributed by atoms with E-state index in [0.717, 1.165) is 43.7 Å². The van der Waals surface area contributed by atoms with Gasteiger partial charge in [0.2, 0.25) is 0 Å². The van der Waals surface area contributed by atoms with Crippen molar-refractivity contribution in [3.8, 4) is 0 Å². The maximum Gasteiger partial charge on any atom is 0.255 e. The smallest absolute Gasteiger partial charge is 0.255 e. The van der Waals surface area contributed by atoms with Crippen LogP contribution >= 0.6 is 0 Å². The summed E-state index contributed by atoms with van der Waals surface area (Å²) in [5.74, 6) is 1.75. The van der Waals surface area contributed by atoms with E-state index in [-0.39, 0.29) is 11.7 Å². The number of halogens is 1. The van der Waals surface area contributed by atoms with Crippen molar-refractivity contribution in [3.63, 3.8) is 0 Å². The molecule has 2 aromatic rings. The second-order valence-electron chi connectivity index (χ2n) is 7.55. The molecule has 0 radical (unpaired) electrons. The molecule has 26 heavy (non-hydrogen) atoms. The third kappa shape index (κ3) is 3.71. The van der Waals surface area contributed by atoms with Gasteiger partial charge in [0.25, 0.3) is 5.91 Å². The molecular formula is C21H24FN3O. The number of likely N-dealkylation sites (tertiary alicyclic amines) is 1. The van der Waals surface area contributed by atoms with E-state index in [0.29, 0.717) is 23.4 Å². The van der Waals surface area contributed by atoms with Crippen molar-refractivity contribution in [2.45, 2.75) is 38.1 Å². The molecule has 0 unspecified atom stereocenters. The van der Waals surface area contributed by atoms with Crippen molar-refractivity contribution < 1.29 is 9.18 Å². The summed E-state index contributed by atoms with van der Waals surface area (Å²) >= 11 is 0. The molecule has 1 amide bonds. The third-order valence-corrected chi connectivity index (χ3v) is 5.50. The Morgan fingerprint density at radius 3 is 2.54 bits per heavy atom. The van der Waals surface area contributed by atoms with Gasteiger partial charge in [0.05, 0.1) is 5.56 Å². The van der Waals surface area contributed by atoms with Crippen LogP contribution in [0.2, 0.25) is 0 Å². The number of carbonyl (C=O) groups is 1. The van der Waals surface area contributed by atoms with Crippen LogP contribution in [0.3, 0.4) is 0 Å². The number of amides is 1. The number of piperidine rings is 1. The number of hydrogen-bond acceptors (Lipinski definition) is 3. The van der Waals surface area contributed by atoms with Gasteiger partial charge < -0.3 is 10.2 Å². The molecule has 4 nitrogen and oxygen atoms in total. The van der Waals surface area contributed by atoms with E-state index in [4.69, 9.17) is 0 Å². The first-order valence-electron chi connectivity index (χ1n) is 9.37. The van der Waals surface area contributed by atoms with Crippen molar-refractivity contribution in [2.75, 3.05) is 18.4 Å². The normalized spacial score (nSPS) is 22.9. The number of benzene rings is 1. The second-order valence-corrected chi connectivity index (χ2v) is 7.55. The van der Waals surface area contributed by atoms with E-state index in [9.17, 15) is 9.18 Å². The molecule has 2 fully saturated rings. The Hall–Kier alpha value is -2.43. The molecule has 1 aliphatic carbocycles. The van der Waals surface area contributed by atoms with Gasteiger partial charge >= 0.3 is 0 Å². The standard InChI is InChI=1S/C21H24FN3O/c1-14-8-10-25(11-9-14)21(26)16-4-7-20(23-13-16)24-19-12-18(19)15-2-5-17(22)6-3-15/h2-7,13-14,18-19H,8-12H2,1H3,(H,23,24)/t18-,19+/m0/s1. The van der Waals surface area contributed by atoms with E-state index in [1.165, 1.54) is 12.1 Å². The summed E-state index contributed by atoms with van der Waals surface area (Å²) in [6.45, 7) is 3.91. The quantitative estimate of drug-likeness (QED) is 0.901. The highest BCUT2D eigenvalue weighted by atomic mass is 19.1. The zero-order valence-corrected chi connectivity index (χ0v) is 15.0. The summed E-state index contributed by atoms with van der Waals surface area (Å²) < 4.78 is 13.0. The van der Waals surface area contributed by atoms with Gasteiger partial charge in [-0.15, -0.1) is 0 Å². The predicted octanol–water partition coefficient (Wildman–Crippen LogP) is 4.06. The molecule has 136 valence electrons. The van der Waals surface area contributed by atoms with E-state index >= 15 is 0 Å². The molecule has 1 aromatic carbocycles. The minimum Gasteiger partial charge on any atom is -0.367 e. The SMILES string of the molecule is CC1CCN(C(=O)c2ccc(N[C@@H]3C[C@H]3c3ccc(F)cc3)nc2)CC1. The lowest BCUT2D eigenvalue weighted by Gasteiger charge is -2.30. The Balaban J connectivity index is 1.33. The number of nitrogens with zero attached hydrogens (tertiary/aromatic N) is 2. The maximum atomic E-state index is 13.0. The summed E-state index contributed by atoms with van der Waals surface area (Å²) in [6.07, 6.45) is 4.83. The molecule has 1 aliphatic heterocycles. The lowest BCUT2D eigenvalue weighted by Crippen LogP contribution is -2.37. The zero-order valence-electron chi connectivity index (χ0n) is 15.0. The van der Waals surface area contributed by atoms with E-state index < -0.39 is 0 Å². The van der Waals surface area contributed by atoms with E-state index in [1.807, 2.05) is 29.2 Å². The van der Waals surface area contributed by atoms with Crippen LogP contribution in [0.1, 0.15) is 48.0 Å². The average Bonchev–Trinajstić information content (AvgIpc) is 3.42. The molecule has 4 rings (SSSR count). The fraction of sp³-hybridized carbons (Fsp3) is 0.429. The average molecular weight is 353 g/mol. The van der Waals surface area contributed by atoms with Crippen molar-refractivity contribution >= 4 is 11.7 Å². The molecular weight excluding hydrogens is 329 g/mol. The van der Waals surface area contributed by atoms with Crippen LogP contribution in [0.25, 0.3) is 0 Å². The van der Waals surface area contributed by atoms with Gasteiger partial charge in [0.15, 0.2) is 0 Å². The van der Waals surface area contributed by atoms with Crippen molar-refractivity contribution in [1.82, 2.24) is 9.88 Å². The Morgan fingerprint density at radius 2 is 1.88 bits per heavy atom. The molecule has 5 heteroatoms. The molecule has 0 bridgehead atoms. The van der Waals surface area contributed by atoms with Gasteiger partial charge in [-0.3, -0.25) is 4.79 Å². The van der Waals surface area contributed by atoms with Crippen LogP contribution in [0.5, 0.6) is 0 Å². The summed E-state index contributed by atoms with van der Waals surface area (Å²) in [5.41, 5.74) is 1.80. The van der Waals surface area contributed by atoms with E-state index in [1.54, 1.807) is 6.20 Å². The minimum absolute atomic E-state index is 0.0755. The maximum absolute atomic E-state index is 13.0. The number of rotatable bonds is 4. The molecule has 1 aromatic heterocycles. The molecule has 1 saturated carbocycles. The first-order chi connectivity index (χ1) is 12.6. The van der Waals surface area contributed by atoms with Crippen molar-refractivity contribution in [3.05, 3.63) is 59.5 Å². The van der Waals surface area contributed by atoms with E-state index in [2.05, 4.69) is 17.2 Å². The lowest BCUT2D eigenvalue weighted by molar-refractivity contribution is 0.0697. The number of nitrogens with one attached hydrogen (secondary N) is 1. The van der Waals surface area contributed by atoms with Gasteiger partial charge in [-0.05, 0) is 55.0 Å². The number of anilines is 1. The van der Waals surface area contributed by atoms with Gasteiger partial charge in [-0.2, -0.15) is 0 Å². The summed E-state index contributed by atoms with van der Waals surface area (Å²) in [6, 6.07) is 10.7. The first kappa shape index (κ1) is 17.0. The Bertz CT molecular complexity index is 767. The van der Waals surface area contributed by atoms with Crippen LogP contribution in [0.15, 0.2) is 42.6 Å². The Labute approximate surface area is 153 Å². The molecule has 1 N–H and O–H groups in total. The first-order valence-corrected chi connectivity index (χ1v) is 9.37. The third-order valence-electron chi connectivity index (χ3n) is 5.50. The second kappa shape index (κ2) is 7.06. The zero-order chi connectivity index (χ0) is 18.1. The highest BCUT2D eigenvalue weighted by Crippen LogP contribution is 2.42. The molecule has 2 heterocycles. The lowest BCUT2D eigenvalue weighted by atomic mass is 9.99. The Morgan fingerprint density at radius 1 is 1.15 bits per heavy atom. The van der Waals surface area contributed by atoms with Crippen LogP contribution in [0.4, 0.5) is 10.2 Å². The van der Waals surface area contributed by atoms with Crippen LogP contribution < -0.4 is 5.32 Å². The number of hydrogen-bond donors (Lipinski definition) is 1. The van der Waals surface area contributed by atoms with Gasteiger partial charge in [0.1, 0.15) is 11.6 Å². The topological polar surface area (TPSA) is 45.2 Å². The highest BCUT2D eigenvalue weighted by molar-refractivity contribution is 5.94. The molecule has 1 saturated heterocycles. The summed E-state index contributed by atoms with van der Waals surface area (Å²) in [7, 11) is 0. The summed E-state index contributed by atoms with van der Waals surface area (Å²) in [4.78, 5) is 18.9. The van der Waals surface area contributed by atoms with Gasteiger partial charge in [0, 0.05) is 31.2 Å². The monoisotopic (exact) mass is 353 g/mol. The van der Waals surface area contributed by atoms with Gasteiger partial charge in [-0.1, -0.05) is 19.1 Å². The highest BCUT2D eigenvalue weighted by Gasteiger charge is 2.38. The molecule has 0 spiro atoms. The number of aromatic nitrogens is 1. The van der Waals surface area contributed by atoms with Crippen LogP contribution in [-0.2, 0) is 0 Å². The largest absolute Gasteiger partial charge is 0.367 e. The number of carbonyl (C=O) groups excluding carboxylic acids is 1. The van der Waals surface area contributed by atoms with Crippen LogP contribution in [-0.4, -0.2) is 34.9 Å². The summed E-state index contributed by atoms with van der Waals surface area (Å²) in [5, 5.41) is 3.40. The molecule has 2 aliphatic rings. The Kier molecular flexibility index (Phi) is 4.62. The fourth-order valence-electron chi connectivity index (χ4n) is 3.62. The molecule has 2 atom stereocenters. The van der Waals surface area contributed by atoms with Crippen molar-refractivity contribution in [2.24, 2.45) is 5.92 Å². The number of pyridine rings is 1. The van der Waals surface area contributed by atoms with Crippen molar-refractivity contribution in [1.29, 1.82) is 0 Å². The predicted molar refractivity (Wildman–Crippen MR) is 99.7 cm³/mol. The fourth-order valence-corrected chi connectivity index (χ4v) is 3.62. The minimum atomic E-state index is -0.205. The van der Waals surface area contributed by atoms with Gasteiger partial charge in [-0.25, -0.2) is 9.37 Å². The van der Waals surface area contributed by atoms with Crippen LogP contribution in [0, 0.1) is 11.7 Å².